The number of thiophene rings is 1. The van der Waals surface area contributed by atoms with E-state index in [4.69, 9.17) is 4.74 Å². The van der Waals surface area contributed by atoms with E-state index in [0.29, 0.717) is 21.4 Å². The van der Waals surface area contributed by atoms with Crippen LogP contribution in [0.25, 0.3) is 0 Å². The number of methoxy groups -OCH3 is 1. The summed E-state index contributed by atoms with van der Waals surface area (Å²) in [7, 11) is 1.64. The van der Waals surface area contributed by atoms with Crippen LogP contribution in [0.5, 0.6) is 5.75 Å². The van der Waals surface area contributed by atoms with Crippen molar-refractivity contribution in [3.8, 4) is 5.75 Å². The molecule has 1 heterocycles. The lowest BCUT2D eigenvalue weighted by Gasteiger charge is -2.19. The molecule has 1 atom stereocenters. The summed E-state index contributed by atoms with van der Waals surface area (Å²) in [6.07, 6.45) is 2.22. The minimum atomic E-state index is -0.175. The number of hydrogen-bond donors (Lipinski definition) is 2. The fourth-order valence-corrected chi connectivity index (χ4v) is 4.73. The quantitative estimate of drug-likeness (QED) is 0.515. The molecule has 5 nitrogen and oxygen atoms in total. The fraction of sp³-hybridized carbons (Fsp3) is 0.280. The average Bonchev–Trinajstić information content (AvgIpc) is 3.60. The van der Waals surface area contributed by atoms with Crippen molar-refractivity contribution in [2.45, 2.75) is 32.7 Å². The second-order valence-corrected chi connectivity index (χ2v) is 8.91. The topological polar surface area (TPSA) is 67.4 Å². The second-order valence-electron chi connectivity index (χ2n) is 7.89. The molecule has 0 radical (unpaired) electrons. The number of rotatable bonds is 7. The van der Waals surface area contributed by atoms with E-state index in [9.17, 15) is 9.59 Å². The van der Waals surface area contributed by atoms with Gasteiger partial charge in [0.05, 0.1) is 23.0 Å². The molecular weight excluding hydrogens is 408 g/mol. The van der Waals surface area contributed by atoms with Crippen LogP contribution in [0.15, 0.2) is 54.6 Å². The molecule has 2 N–H and O–H groups in total. The van der Waals surface area contributed by atoms with E-state index in [-0.39, 0.29) is 17.9 Å². The van der Waals surface area contributed by atoms with Gasteiger partial charge in [0.25, 0.3) is 11.8 Å². The molecule has 0 spiro atoms. The van der Waals surface area contributed by atoms with Crippen molar-refractivity contribution in [2.75, 3.05) is 12.4 Å². The molecule has 1 unspecified atom stereocenters. The van der Waals surface area contributed by atoms with Crippen LogP contribution in [0.4, 0.5) is 5.00 Å². The highest BCUT2D eigenvalue weighted by Crippen LogP contribution is 2.42. The molecule has 0 aliphatic heterocycles. The summed E-state index contributed by atoms with van der Waals surface area (Å²) in [5, 5.41) is 6.91. The van der Waals surface area contributed by atoms with Crippen LogP contribution in [0, 0.1) is 19.8 Å². The summed E-state index contributed by atoms with van der Waals surface area (Å²) >= 11 is 1.33. The number of anilines is 1. The van der Waals surface area contributed by atoms with Crippen molar-refractivity contribution in [3.05, 3.63) is 81.7 Å². The van der Waals surface area contributed by atoms with Crippen molar-refractivity contribution < 1.29 is 14.3 Å². The van der Waals surface area contributed by atoms with Crippen molar-refractivity contribution >= 4 is 28.2 Å². The van der Waals surface area contributed by atoms with E-state index in [1.54, 1.807) is 19.2 Å². The number of ether oxygens (including phenoxy) is 1. The van der Waals surface area contributed by atoms with Gasteiger partial charge in [0.15, 0.2) is 0 Å². The highest BCUT2D eigenvalue weighted by molar-refractivity contribution is 7.18. The third kappa shape index (κ3) is 4.64. The Labute approximate surface area is 186 Å². The fourth-order valence-electron chi connectivity index (χ4n) is 3.62. The third-order valence-corrected chi connectivity index (χ3v) is 7.08. The van der Waals surface area contributed by atoms with Gasteiger partial charge < -0.3 is 15.4 Å². The number of benzene rings is 2. The van der Waals surface area contributed by atoms with Crippen LogP contribution in [-0.4, -0.2) is 18.9 Å². The van der Waals surface area contributed by atoms with Gasteiger partial charge in [-0.1, -0.05) is 30.3 Å². The lowest BCUT2D eigenvalue weighted by molar-refractivity contribution is 0.0934. The highest BCUT2D eigenvalue weighted by Gasteiger charge is 2.34. The van der Waals surface area contributed by atoms with E-state index in [2.05, 4.69) is 10.6 Å². The van der Waals surface area contributed by atoms with E-state index < -0.39 is 0 Å². The zero-order valence-electron chi connectivity index (χ0n) is 17.9. The molecule has 1 saturated carbocycles. The number of carbonyl (C=O) groups is 2. The Bertz CT molecular complexity index is 1090. The van der Waals surface area contributed by atoms with Crippen molar-refractivity contribution in [1.82, 2.24) is 5.32 Å². The molecule has 0 saturated heterocycles. The molecule has 6 heteroatoms. The van der Waals surface area contributed by atoms with Crippen LogP contribution < -0.4 is 15.4 Å². The van der Waals surface area contributed by atoms with Crippen molar-refractivity contribution in [3.63, 3.8) is 0 Å². The third-order valence-electron chi connectivity index (χ3n) is 5.77. The van der Waals surface area contributed by atoms with Gasteiger partial charge >= 0.3 is 0 Å². The van der Waals surface area contributed by atoms with Gasteiger partial charge in [-0.15, -0.1) is 11.3 Å². The van der Waals surface area contributed by atoms with Gasteiger partial charge in [0, 0.05) is 5.56 Å². The summed E-state index contributed by atoms with van der Waals surface area (Å²) in [5.74, 6) is 0.980. The summed E-state index contributed by atoms with van der Waals surface area (Å²) in [6.45, 7) is 3.86. The van der Waals surface area contributed by atoms with Gasteiger partial charge in [-0.2, -0.15) is 0 Å². The van der Waals surface area contributed by atoms with Gasteiger partial charge in [-0.05, 0) is 73.6 Å². The van der Waals surface area contributed by atoms with Crippen LogP contribution in [-0.2, 0) is 0 Å². The maximum absolute atomic E-state index is 13.2. The number of nitrogens with one attached hydrogen (secondary N) is 2. The first-order valence-electron chi connectivity index (χ1n) is 10.4. The first-order valence-corrected chi connectivity index (χ1v) is 11.2. The normalized spacial score (nSPS) is 14.0. The summed E-state index contributed by atoms with van der Waals surface area (Å²) in [5.41, 5.74) is 3.49. The molecule has 4 rings (SSSR count). The Balaban J connectivity index is 1.52. The standard InChI is InChI=1S/C25H26N2O3S/c1-15-16(2)25(27-23(28)19-7-5-4-6-8-19)31-22(15)24(29)26-21(17-9-10-17)18-11-13-20(30-3)14-12-18/h4-8,11-14,17,21H,9-10H2,1-3H3,(H,26,29)(H,27,28). The second kappa shape index (κ2) is 8.94. The average molecular weight is 435 g/mol. The Kier molecular flexibility index (Phi) is 6.09. The zero-order valence-corrected chi connectivity index (χ0v) is 18.7. The molecular formula is C25H26N2O3S. The van der Waals surface area contributed by atoms with Gasteiger partial charge in [0.2, 0.25) is 0 Å². The Hall–Kier alpha value is -3.12. The first-order chi connectivity index (χ1) is 15.0. The Morgan fingerprint density at radius 2 is 1.65 bits per heavy atom. The van der Waals surface area contributed by atoms with Crippen LogP contribution in [0.2, 0.25) is 0 Å². The molecule has 2 amide bonds. The largest absolute Gasteiger partial charge is 0.497 e. The van der Waals surface area contributed by atoms with Crippen LogP contribution in [0.3, 0.4) is 0 Å². The Morgan fingerprint density at radius 1 is 0.968 bits per heavy atom. The van der Waals surface area contributed by atoms with Crippen molar-refractivity contribution in [2.24, 2.45) is 5.92 Å². The number of carbonyl (C=O) groups excluding carboxylic acids is 2. The molecule has 0 bridgehead atoms. The molecule has 1 aliphatic rings. The Morgan fingerprint density at radius 3 is 2.26 bits per heavy atom. The van der Waals surface area contributed by atoms with E-state index in [1.807, 2.05) is 56.3 Å². The number of amides is 2. The lowest BCUT2D eigenvalue weighted by atomic mass is 10.0. The molecule has 2 aromatic carbocycles. The molecule has 1 fully saturated rings. The van der Waals surface area contributed by atoms with E-state index in [0.717, 1.165) is 35.3 Å². The lowest BCUT2D eigenvalue weighted by Crippen LogP contribution is -2.29. The van der Waals surface area contributed by atoms with Crippen LogP contribution in [0.1, 0.15) is 55.6 Å². The van der Waals surface area contributed by atoms with Gasteiger partial charge in [-0.25, -0.2) is 0 Å². The molecule has 1 aliphatic carbocycles. The minimum Gasteiger partial charge on any atom is -0.497 e. The number of hydrogen-bond acceptors (Lipinski definition) is 4. The summed E-state index contributed by atoms with van der Waals surface area (Å²) in [6, 6.07) is 16.9. The summed E-state index contributed by atoms with van der Waals surface area (Å²) < 4.78 is 5.25. The minimum absolute atomic E-state index is 0.0254. The highest BCUT2D eigenvalue weighted by atomic mass is 32.1. The predicted molar refractivity (Wildman–Crippen MR) is 124 cm³/mol. The summed E-state index contributed by atoms with van der Waals surface area (Å²) in [4.78, 5) is 26.4. The molecule has 31 heavy (non-hydrogen) atoms. The predicted octanol–water partition coefficient (Wildman–Crippen LogP) is 5.51. The van der Waals surface area contributed by atoms with E-state index in [1.165, 1.54) is 11.3 Å². The first kappa shape index (κ1) is 21.1. The van der Waals surface area contributed by atoms with E-state index >= 15 is 0 Å². The van der Waals surface area contributed by atoms with Gasteiger partial charge in [0.1, 0.15) is 5.75 Å². The van der Waals surface area contributed by atoms with Crippen LogP contribution >= 0.6 is 11.3 Å². The smallest absolute Gasteiger partial charge is 0.262 e. The van der Waals surface area contributed by atoms with Gasteiger partial charge in [-0.3, -0.25) is 9.59 Å². The molecule has 160 valence electrons. The zero-order chi connectivity index (χ0) is 22.0. The maximum Gasteiger partial charge on any atom is 0.262 e. The maximum atomic E-state index is 13.2. The molecule has 3 aromatic rings. The SMILES string of the molecule is COc1ccc(C(NC(=O)c2sc(NC(=O)c3ccccc3)c(C)c2C)C2CC2)cc1. The molecule has 1 aromatic heterocycles. The monoisotopic (exact) mass is 434 g/mol. The van der Waals surface area contributed by atoms with Crippen molar-refractivity contribution in [1.29, 1.82) is 0 Å².